The highest BCUT2D eigenvalue weighted by molar-refractivity contribution is 6.31. The van der Waals surface area contributed by atoms with Crippen molar-refractivity contribution in [2.45, 2.75) is 69.2 Å². The van der Waals surface area contributed by atoms with Crippen molar-refractivity contribution in [2.24, 2.45) is 17.1 Å². The Bertz CT molecular complexity index is 1030. The number of hydrogen-bond acceptors (Lipinski definition) is 4. The number of ether oxygens (including phenoxy) is 1. The number of nitrogens with one attached hydrogen (secondary N) is 2. The summed E-state index contributed by atoms with van der Waals surface area (Å²) in [5.41, 5.74) is 4.69. The average Bonchev–Trinajstić information content (AvgIpc) is 3.19. The Hall–Kier alpha value is -1.53. The molecule has 5 atom stereocenters. The van der Waals surface area contributed by atoms with Crippen LogP contribution in [0.25, 0.3) is 0 Å². The molecule has 1 aliphatic carbocycles. The Morgan fingerprint density at radius 3 is 2.59 bits per heavy atom. The van der Waals surface area contributed by atoms with Gasteiger partial charge in [0.2, 0.25) is 0 Å². The molecule has 9 heteroatoms. The van der Waals surface area contributed by atoms with Gasteiger partial charge in [-0.1, -0.05) is 47.3 Å². The van der Waals surface area contributed by atoms with Gasteiger partial charge in [-0.3, -0.25) is 8.78 Å². The molecular weight excluding hydrogens is 546 g/mol. The molecule has 4 rings (SSSR count). The maximum Gasteiger partial charge on any atom is 0.145 e. The zero-order chi connectivity index (χ0) is 28.6. The summed E-state index contributed by atoms with van der Waals surface area (Å²) < 4.78 is 47.4. The quantitative estimate of drug-likeness (QED) is 0.198. The molecular formula is C30H40Cl2F3N3O. The summed E-state index contributed by atoms with van der Waals surface area (Å²) in [6, 6.07) is 5.22. The lowest BCUT2D eigenvalue weighted by Crippen LogP contribution is -2.64. The first kappa shape index (κ1) is 32.0. The van der Waals surface area contributed by atoms with Crippen molar-refractivity contribution < 1.29 is 17.9 Å². The van der Waals surface area contributed by atoms with Crippen molar-refractivity contribution >= 4 is 23.2 Å². The molecule has 3 unspecified atom stereocenters. The molecule has 0 aromatic heterocycles. The van der Waals surface area contributed by atoms with Crippen LogP contribution in [-0.4, -0.2) is 56.8 Å². The molecule has 1 aromatic rings. The lowest BCUT2D eigenvalue weighted by Gasteiger charge is -2.56. The number of benzene rings is 1. The summed E-state index contributed by atoms with van der Waals surface area (Å²) >= 11 is 12.1. The molecule has 1 spiro atoms. The molecule has 3 fully saturated rings. The van der Waals surface area contributed by atoms with E-state index in [9.17, 15) is 13.2 Å². The molecule has 2 saturated heterocycles. The number of allylic oxidation sites excluding steroid dienone is 3. The predicted octanol–water partition coefficient (Wildman–Crippen LogP) is 6.04. The molecule has 216 valence electrons. The minimum absolute atomic E-state index is 0.0721. The number of nitrogens with two attached hydrogens (primary N) is 1. The molecule has 0 amide bonds. The lowest BCUT2D eigenvalue weighted by molar-refractivity contribution is -0.0513. The van der Waals surface area contributed by atoms with Gasteiger partial charge in [-0.25, -0.2) is 4.39 Å². The van der Waals surface area contributed by atoms with E-state index in [0.717, 1.165) is 19.4 Å². The molecule has 4 N–H and O–H groups in total. The average molecular weight is 587 g/mol. The second kappa shape index (κ2) is 14.4. The molecule has 2 aliphatic heterocycles. The van der Waals surface area contributed by atoms with Crippen LogP contribution in [0.3, 0.4) is 0 Å². The van der Waals surface area contributed by atoms with Crippen LogP contribution in [0.5, 0.6) is 0 Å². The third-order valence-corrected chi connectivity index (χ3v) is 8.74. The summed E-state index contributed by atoms with van der Waals surface area (Å²) in [7, 11) is 0. The van der Waals surface area contributed by atoms with Crippen molar-refractivity contribution in [3.05, 3.63) is 57.9 Å². The number of terminal acetylenes is 1. The maximum atomic E-state index is 14.9. The van der Waals surface area contributed by atoms with Gasteiger partial charge < -0.3 is 21.1 Å². The molecule has 0 radical (unpaired) electrons. The standard InChI is InChI=1S/C24H27Cl2F3N2.C6H13NO/c1-3-4-6-17(25)9-10-30-11-19-21(18-7-5-8-20(26)22(18)29)16(2)31-24(19)12-23(13-24,14-27)15-28;1-5-2-3-6(7)4-8-5/h1,4-9,16,19,21,30-31H,10-15H2,2H3;5-6H,2-4,7H2,1H3/b6-4-,17-9+;/t16-,19?,21?;5-,6?/m01/s1. The van der Waals surface area contributed by atoms with E-state index in [1.165, 1.54) is 12.1 Å². The summed E-state index contributed by atoms with van der Waals surface area (Å²) in [6.45, 7) is 4.44. The Morgan fingerprint density at radius 2 is 2.00 bits per heavy atom. The molecule has 4 nitrogen and oxygen atoms in total. The SMILES string of the molecule is C#C/C=C\C(Cl)=C/CNCC1C(c2cccc(Cl)c2F)[C@H](C)NC12CC(CF)(CF)C2.C[C@@H]1CCC(N)CO1. The van der Waals surface area contributed by atoms with E-state index in [1.807, 2.05) is 6.92 Å². The van der Waals surface area contributed by atoms with E-state index in [0.29, 0.717) is 48.7 Å². The Labute approximate surface area is 240 Å². The molecule has 3 aliphatic rings. The van der Waals surface area contributed by atoms with Crippen LogP contribution in [0.4, 0.5) is 13.2 Å². The van der Waals surface area contributed by atoms with Crippen LogP contribution in [0.1, 0.15) is 51.0 Å². The van der Waals surface area contributed by atoms with E-state index in [2.05, 4.69) is 23.5 Å². The highest BCUT2D eigenvalue weighted by atomic mass is 35.5. The van der Waals surface area contributed by atoms with Gasteiger partial charge in [0, 0.05) is 47.1 Å². The van der Waals surface area contributed by atoms with Crippen LogP contribution < -0.4 is 16.4 Å². The Morgan fingerprint density at radius 1 is 1.28 bits per heavy atom. The largest absolute Gasteiger partial charge is 0.377 e. The number of halogens is 5. The lowest BCUT2D eigenvalue weighted by atomic mass is 9.53. The van der Waals surface area contributed by atoms with Gasteiger partial charge in [0.05, 0.1) is 31.1 Å². The third-order valence-electron chi connectivity index (χ3n) is 8.17. The topological polar surface area (TPSA) is 59.3 Å². The number of alkyl halides is 2. The first-order valence-corrected chi connectivity index (χ1v) is 14.3. The summed E-state index contributed by atoms with van der Waals surface area (Å²) in [4.78, 5) is 0. The summed E-state index contributed by atoms with van der Waals surface area (Å²) in [5.74, 6) is 1.67. The third kappa shape index (κ3) is 7.81. The van der Waals surface area contributed by atoms with Crippen LogP contribution in [-0.2, 0) is 4.74 Å². The zero-order valence-electron chi connectivity index (χ0n) is 22.7. The van der Waals surface area contributed by atoms with Crippen LogP contribution >= 0.6 is 23.2 Å². The van der Waals surface area contributed by atoms with Crippen LogP contribution in [0.2, 0.25) is 5.02 Å². The van der Waals surface area contributed by atoms with Gasteiger partial charge >= 0.3 is 0 Å². The minimum atomic E-state index is -0.948. The Kier molecular flexibility index (Phi) is 11.8. The van der Waals surface area contributed by atoms with Crippen molar-refractivity contribution in [3.63, 3.8) is 0 Å². The maximum absolute atomic E-state index is 14.9. The first-order chi connectivity index (χ1) is 18.6. The molecule has 39 heavy (non-hydrogen) atoms. The predicted molar refractivity (Wildman–Crippen MR) is 154 cm³/mol. The van der Waals surface area contributed by atoms with E-state index < -0.39 is 30.1 Å². The first-order valence-electron chi connectivity index (χ1n) is 13.5. The molecule has 2 heterocycles. The minimum Gasteiger partial charge on any atom is -0.377 e. The fraction of sp³-hybridized carbons (Fsp3) is 0.600. The van der Waals surface area contributed by atoms with E-state index >= 15 is 0 Å². The van der Waals surface area contributed by atoms with Crippen LogP contribution in [0.15, 0.2) is 41.5 Å². The van der Waals surface area contributed by atoms with Gasteiger partial charge in [-0.2, -0.15) is 0 Å². The Balaban J connectivity index is 0.000000449. The van der Waals surface area contributed by atoms with Crippen molar-refractivity contribution in [1.82, 2.24) is 10.6 Å². The van der Waals surface area contributed by atoms with Crippen molar-refractivity contribution in [3.8, 4) is 12.3 Å². The van der Waals surface area contributed by atoms with Crippen molar-refractivity contribution in [1.29, 1.82) is 0 Å². The van der Waals surface area contributed by atoms with Gasteiger partial charge in [0.15, 0.2) is 0 Å². The molecule has 1 saturated carbocycles. The zero-order valence-corrected chi connectivity index (χ0v) is 24.2. The number of hydrogen-bond donors (Lipinski definition) is 3. The summed E-state index contributed by atoms with van der Waals surface area (Å²) in [5, 5.41) is 7.48. The molecule has 0 bridgehead atoms. The fourth-order valence-corrected chi connectivity index (χ4v) is 6.63. The van der Waals surface area contributed by atoms with E-state index in [1.54, 1.807) is 24.3 Å². The smallest absolute Gasteiger partial charge is 0.145 e. The van der Waals surface area contributed by atoms with Gasteiger partial charge in [-0.05, 0) is 69.2 Å². The highest BCUT2D eigenvalue weighted by Crippen LogP contribution is 2.59. The van der Waals surface area contributed by atoms with Gasteiger partial charge in [0.25, 0.3) is 0 Å². The fourth-order valence-electron chi connectivity index (χ4n) is 6.31. The summed E-state index contributed by atoms with van der Waals surface area (Å²) in [6.07, 6.45) is 13.5. The van der Waals surface area contributed by atoms with Crippen molar-refractivity contribution in [2.75, 3.05) is 33.0 Å². The van der Waals surface area contributed by atoms with Crippen LogP contribution in [0, 0.1) is 29.5 Å². The highest BCUT2D eigenvalue weighted by Gasteiger charge is 2.64. The van der Waals surface area contributed by atoms with Gasteiger partial charge in [0.1, 0.15) is 5.82 Å². The monoisotopic (exact) mass is 585 g/mol. The van der Waals surface area contributed by atoms with E-state index in [-0.39, 0.29) is 22.9 Å². The number of rotatable bonds is 8. The normalized spacial score (nSPS) is 29.5. The molecule has 1 aromatic carbocycles. The van der Waals surface area contributed by atoms with Gasteiger partial charge in [-0.15, -0.1) is 6.42 Å². The second-order valence-electron chi connectivity index (χ2n) is 11.2. The van der Waals surface area contributed by atoms with E-state index in [4.69, 9.17) is 40.1 Å². The second-order valence-corrected chi connectivity index (χ2v) is 12.1.